The van der Waals surface area contributed by atoms with Crippen molar-refractivity contribution in [3.63, 3.8) is 0 Å². The highest BCUT2D eigenvalue weighted by atomic mass is 19.1. The van der Waals surface area contributed by atoms with E-state index in [-0.39, 0.29) is 17.6 Å². The molecule has 136 valence electrons. The zero-order valence-corrected chi connectivity index (χ0v) is 14.5. The molecule has 0 aromatic heterocycles. The molecule has 0 spiro atoms. The number of carbonyl (C=O) groups excluding carboxylic acids is 2. The molecule has 1 heterocycles. The first-order valence-corrected chi connectivity index (χ1v) is 8.74. The highest BCUT2D eigenvalue weighted by Gasteiger charge is 2.21. The number of hydrogen-bond donors (Lipinski definition) is 1. The molecule has 0 aliphatic carbocycles. The van der Waals surface area contributed by atoms with Gasteiger partial charge in [0.05, 0.1) is 6.54 Å². The van der Waals surface area contributed by atoms with Gasteiger partial charge in [0.15, 0.2) is 0 Å². The minimum atomic E-state index is -0.354. The van der Waals surface area contributed by atoms with Crippen molar-refractivity contribution in [2.75, 3.05) is 38.0 Å². The van der Waals surface area contributed by atoms with Crippen molar-refractivity contribution in [2.45, 2.75) is 6.42 Å². The van der Waals surface area contributed by atoms with Gasteiger partial charge in [0.2, 0.25) is 5.91 Å². The number of nitrogens with one attached hydrogen (secondary N) is 1. The fraction of sp³-hybridized carbons (Fsp3) is 0.300. The van der Waals surface area contributed by atoms with E-state index in [4.69, 9.17) is 0 Å². The molecule has 2 amide bonds. The second kappa shape index (κ2) is 8.58. The zero-order valence-electron chi connectivity index (χ0n) is 14.5. The van der Waals surface area contributed by atoms with Crippen LogP contribution in [0.5, 0.6) is 0 Å². The second-order valence-corrected chi connectivity index (χ2v) is 6.34. The molecule has 2 aromatic carbocycles. The van der Waals surface area contributed by atoms with Gasteiger partial charge in [-0.05, 0) is 42.8 Å². The Morgan fingerprint density at radius 1 is 0.923 bits per heavy atom. The van der Waals surface area contributed by atoms with Crippen molar-refractivity contribution in [3.8, 4) is 0 Å². The van der Waals surface area contributed by atoms with E-state index < -0.39 is 0 Å². The maximum atomic E-state index is 13.0. The Bertz CT molecular complexity index is 749. The van der Waals surface area contributed by atoms with E-state index in [0.717, 1.165) is 18.7 Å². The molecule has 3 rings (SSSR count). The van der Waals surface area contributed by atoms with E-state index in [1.165, 1.54) is 24.3 Å². The first-order chi connectivity index (χ1) is 12.6. The molecule has 0 unspecified atom stereocenters. The van der Waals surface area contributed by atoms with Crippen LogP contribution in [0.2, 0.25) is 0 Å². The van der Waals surface area contributed by atoms with Gasteiger partial charge in [-0.1, -0.05) is 18.2 Å². The topological polar surface area (TPSA) is 52.7 Å². The van der Waals surface area contributed by atoms with Crippen LogP contribution in [0.3, 0.4) is 0 Å². The lowest BCUT2D eigenvalue weighted by Crippen LogP contribution is -2.38. The summed E-state index contributed by atoms with van der Waals surface area (Å²) in [5, 5.41) is 2.88. The average molecular weight is 355 g/mol. The predicted octanol–water partition coefficient (Wildman–Crippen LogP) is 2.61. The average Bonchev–Trinajstić information content (AvgIpc) is 2.88. The van der Waals surface area contributed by atoms with Gasteiger partial charge >= 0.3 is 0 Å². The summed E-state index contributed by atoms with van der Waals surface area (Å²) < 4.78 is 13.0. The number of benzene rings is 2. The smallest absolute Gasteiger partial charge is 0.253 e. The highest BCUT2D eigenvalue weighted by molar-refractivity contribution is 5.94. The van der Waals surface area contributed by atoms with Crippen LogP contribution in [0.4, 0.5) is 10.1 Å². The molecule has 1 saturated heterocycles. The summed E-state index contributed by atoms with van der Waals surface area (Å²) in [7, 11) is 0. The third kappa shape index (κ3) is 4.89. The van der Waals surface area contributed by atoms with Gasteiger partial charge in [-0.15, -0.1) is 0 Å². The molecular formula is C20H22FN3O2. The molecule has 1 aliphatic rings. The maximum Gasteiger partial charge on any atom is 0.253 e. The Morgan fingerprint density at radius 2 is 1.65 bits per heavy atom. The number of anilines is 1. The molecule has 6 heteroatoms. The summed E-state index contributed by atoms with van der Waals surface area (Å²) >= 11 is 0. The van der Waals surface area contributed by atoms with E-state index >= 15 is 0 Å². The van der Waals surface area contributed by atoms with Crippen molar-refractivity contribution in [2.24, 2.45) is 0 Å². The summed E-state index contributed by atoms with van der Waals surface area (Å²) in [6.45, 7) is 2.87. The first kappa shape index (κ1) is 18.1. The van der Waals surface area contributed by atoms with Crippen LogP contribution in [0.25, 0.3) is 0 Å². The van der Waals surface area contributed by atoms with Crippen molar-refractivity contribution in [1.82, 2.24) is 9.80 Å². The van der Waals surface area contributed by atoms with Crippen molar-refractivity contribution in [1.29, 1.82) is 0 Å². The van der Waals surface area contributed by atoms with Crippen LogP contribution in [-0.4, -0.2) is 54.3 Å². The van der Waals surface area contributed by atoms with E-state index in [9.17, 15) is 14.0 Å². The van der Waals surface area contributed by atoms with Gasteiger partial charge in [-0.3, -0.25) is 14.5 Å². The summed E-state index contributed by atoms with van der Waals surface area (Å²) in [5.74, 6) is -0.511. The van der Waals surface area contributed by atoms with Crippen LogP contribution in [0.15, 0.2) is 54.6 Å². The number of hydrogen-bond acceptors (Lipinski definition) is 3. The molecular weight excluding hydrogens is 333 g/mol. The van der Waals surface area contributed by atoms with Gasteiger partial charge in [-0.25, -0.2) is 4.39 Å². The number of para-hydroxylation sites is 1. The fourth-order valence-electron chi connectivity index (χ4n) is 3.03. The first-order valence-electron chi connectivity index (χ1n) is 8.74. The monoisotopic (exact) mass is 355 g/mol. The van der Waals surface area contributed by atoms with Crippen LogP contribution in [-0.2, 0) is 4.79 Å². The van der Waals surface area contributed by atoms with Gasteiger partial charge in [0, 0.05) is 37.4 Å². The van der Waals surface area contributed by atoms with E-state index in [0.29, 0.717) is 31.7 Å². The molecule has 0 radical (unpaired) electrons. The van der Waals surface area contributed by atoms with E-state index in [1.54, 1.807) is 4.90 Å². The van der Waals surface area contributed by atoms with Crippen LogP contribution >= 0.6 is 0 Å². The molecule has 0 saturated carbocycles. The predicted molar refractivity (Wildman–Crippen MR) is 98.4 cm³/mol. The van der Waals surface area contributed by atoms with Gasteiger partial charge in [0.1, 0.15) is 5.82 Å². The molecule has 2 aromatic rings. The van der Waals surface area contributed by atoms with Crippen molar-refractivity contribution >= 4 is 17.5 Å². The summed E-state index contributed by atoms with van der Waals surface area (Å²) in [6, 6.07) is 15.0. The summed E-state index contributed by atoms with van der Waals surface area (Å²) in [6.07, 6.45) is 0.797. The van der Waals surface area contributed by atoms with Gasteiger partial charge in [-0.2, -0.15) is 0 Å². The van der Waals surface area contributed by atoms with Crippen molar-refractivity contribution in [3.05, 3.63) is 66.0 Å². The Morgan fingerprint density at radius 3 is 2.38 bits per heavy atom. The highest BCUT2D eigenvalue weighted by Crippen LogP contribution is 2.11. The lowest BCUT2D eigenvalue weighted by molar-refractivity contribution is -0.117. The Balaban J connectivity index is 1.52. The summed E-state index contributed by atoms with van der Waals surface area (Å²) in [5.41, 5.74) is 1.27. The second-order valence-electron chi connectivity index (χ2n) is 6.34. The lowest BCUT2D eigenvalue weighted by atomic mass is 10.2. The van der Waals surface area contributed by atoms with Crippen LogP contribution in [0, 0.1) is 5.82 Å². The number of carbonyl (C=O) groups is 2. The normalized spacial score (nSPS) is 15.3. The molecule has 0 bridgehead atoms. The molecule has 1 N–H and O–H groups in total. The lowest BCUT2D eigenvalue weighted by Gasteiger charge is -2.22. The van der Waals surface area contributed by atoms with Crippen LogP contribution in [0.1, 0.15) is 16.8 Å². The minimum Gasteiger partial charge on any atom is -0.337 e. The standard InChI is InChI=1S/C20H22FN3O2/c21-17-9-7-16(8-10-17)20(26)24-12-4-11-23(13-14-24)15-19(25)22-18-5-2-1-3-6-18/h1-3,5-10H,4,11-15H2,(H,22,25). The maximum absolute atomic E-state index is 13.0. The summed E-state index contributed by atoms with van der Waals surface area (Å²) in [4.78, 5) is 28.6. The largest absolute Gasteiger partial charge is 0.337 e. The Labute approximate surface area is 152 Å². The van der Waals surface area contributed by atoms with E-state index in [2.05, 4.69) is 10.2 Å². The number of halogens is 1. The third-order valence-corrected chi connectivity index (χ3v) is 4.39. The fourth-order valence-corrected chi connectivity index (χ4v) is 3.03. The van der Waals surface area contributed by atoms with Crippen molar-refractivity contribution < 1.29 is 14.0 Å². The molecule has 1 aliphatic heterocycles. The molecule has 0 atom stereocenters. The quantitative estimate of drug-likeness (QED) is 0.917. The SMILES string of the molecule is O=C(CN1CCCN(C(=O)c2ccc(F)cc2)CC1)Nc1ccccc1. The number of rotatable bonds is 4. The zero-order chi connectivity index (χ0) is 18.4. The van der Waals surface area contributed by atoms with Gasteiger partial charge in [0.25, 0.3) is 5.91 Å². The molecule has 1 fully saturated rings. The van der Waals surface area contributed by atoms with E-state index in [1.807, 2.05) is 30.3 Å². The Hall–Kier alpha value is -2.73. The molecule has 5 nitrogen and oxygen atoms in total. The van der Waals surface area contributed by atoms with Gasteiger partial charge < -0.3 is 10.2 Å². The minimum absolute atomic E-state index is 0.0606. The third-order valence-electron chi connectivity index (χ3n) is 4.39. The molecule has 26 heavy (non-hydrogen) atoms. The van der Waals surface area contributed by atoms with Crippen LogP contribution < -0.4 is 5.32 Å². The Kier molecular flexibility index (Phi) is 5.96. The number of amides is 2. The number of nitrogens with zero attached hydrogens (tertiary/aromatic N) is 2.